The number of carboxylic acids is 1. The number of pyridine rings is 1. The maximum Gasteiger partial charge on any atom is 0.339 e. The number of nitrogens with zero attached hydrogens (tertiary/aromatic N) is 2. The largest absolute Gasteiger partial charge is 0.478 e. The van der Waals surface area contributed by atoms with Crippen molar-refractivity contribution >= 4 is 23.1 Å². The number of likely N-dealkylation sites (N-methyl/N-ethyl adjacent to an activating group) is 1. The molecule has 106 valence electrons. The highest BCUT2D eigenvalue weighted by atomic mass is 32.1. The maximum absolute atomic E-state index is 11.4. The predicted molar refractivity (Wildman–Crippen MR) is 81.8 cm³/mol. The number of aromatic carboxylic acids is 1. The Morgan fingerprint density at radius 1 is 1.50 bits per heavy atom. The molecular formula is C15H18N2O2S. The van der Waals surface area contributed by atoms with Gasteiger partial charge in [0.2, 0.25) is 0 Å². The Morgan fingerprint density at radius 2 is 2.25 bits per heavy atom. The molecule has 20 heavy (non-hydrogen) atoms. The van der Waals surface area contributed by atoms with Gasteiger partial charge in [0.05, 0.1) is 0 Å². The smallest absolute Gasteiger partial charge is 0.339 e. The Hall–Kier alpha value is -1.88. The minimum absolute atomic E-state index is 0.182. The van der Waals surface area contributed by atoms with Crippen molar-refractivity contribution in [3.63, 3.8) is 0 Å². The summed E-state index contributed by atoms with van der Waals surface area (Å²) in [6.07, 6.45) is 2.54. The molecule has 0 spiro atoms. The van der Waals surface area contributed by atoms with E-state index in [1.807, 2.05) is 18.0 Å². The van der Waals surface area contributed by atoms with Crippen molar-refractivity contribution in [2.75, 3.05) is 11.9 Å². The quantitative estimate of drug-likeness (QED) is 0.918. The van der Waals surface area contributed by atoms with Crippen LogP contribution in [-0.2, 0) is 6.42 Å². The molecule has 1 unspecified atom stereocenters. The van der Waals surface area contributed by atoms with E-state index in [-0.39, 0.29) is 11.6 Å². The van der Waals surface area contributed by atoms with Crippen molar-refractivity contribution in [2.24, 2.45) is 0 Å². The monoisotopic (exact) mass is 290 g/mol. The third-order valence-corrected chi connectivity index (χ3v) is 4.32. The van der Waals surface area contributed by atoms with Crippen molar-refractivity contribution in [3.05, 3.63) is 45.8 Å². The number of hydrogen-bond acceptors (Lipinski definition) is 4. The molecule has 0 saturated carbocycles. The van der Waals surface area contributed by atoms with Crippen LogP contribution in [0.25, 0.3) is 0 Å². The molecule has 0 aromatic carbocycles. The molecule has 2 aromatic rings. The van der Waals surface area contributed by atoms with Crippen LogP contribution in [0.2, 0.25) is 0 Å². The summed E-state index contributed by atoms with van der Waals surface area (Å²) >= 11 is 1.71. The number of aromatic nitrogens is 1. The molecule has 0 aliphatic rings. The summed E-state index contributed by atoms with van der Waals surface area (Å²) in [5.41, 5.74) is 1.02. The highest BCUT2D eigenvalue weighted by Crippen LogP contribution is 2.23. The fourth-order valence-corrected chi connectivity index (χ4v) is 2.97. The standard InChI is InChI=1S/C15H18N2O2S/c1-10-6-7-16-14(13(10)15(18)19)17(3)11(2)9-12-5-4-8-20-12/h4-8,11H,9H2,1-3H3,(H,18,19). The lowest BCUT2D eigenvalue weighted by Crippen LogP contribution is -2.32. The molecule has 4 nitrogen and oxygen atoms in total. The average molecular weight is 290 g/mol. The summed E-state index contributed by atoms with van der Waals surface area (Å²) in [6.45, 7) is 3.88. The number of anilines is 1. The third-order valence-electron chi connectivity index (χ3n) is 3.43. The molecule has 2 heterocycles. The van der Waals surface area contributed by atoms with Crippen LogP contribution in [0, 0.1) is 6.92 Å². The second-order valence-corrected chi connectivity index (χ2v) is 5.91. The summed E-state index contributed by atoms with van der Waals surface area (Å²) in [5, 5.41) is 11.4. The van der Waals surface area contributed by atoms with E-state index in [9.17, 15) is 9.90 Å². The molecule has 0 amide bonds. The number of carbonyl (C=O) groups is 1. The van der Waals surface area contributed by atoms with Crippen molar-refractivity contribution in [1.82, 2.24) is 4.98 Å². The summed E-state index contributed by atoms with van der Waals surface area (Å²) in [5.74, 6) is -0.401. The zero-order chi connectivity index (χ0) is 14.7. The van der Waals surface area contributed by atoms with Crippen LogP contribution in [-0.4, -0.2) is 29.1 Å². The zero-order valence-corrected chi connectivity index (χ0v) is 12.6. The minimum atomic E-state index is -0.930. The van der Waals surface area contributed by atoms with Gasteiger partial charge in [-0.15, -0.1) is 11.3 Å². The number of hydrogen-bond donors (Lipinski definition) is 1. The lowest BCUT2D eigenvalue weighted by Gasteiger charge is -2.27. The van der Waals surface area contributed by atoms with Gasteiger partial charge in [-0.25, -0.2) is 9.78 Å². The summed E-state index contributed by atoms with van der Waals surface area (Å²) in [4.78, 5) is 18.9. The first kappa shape index (κ1) is 14.5. The molecule has 0 fully saturated rings. The van der Waals surface area contributed by atoms with Crippen molar-refractivity contribution < 1.29 is 9.90 Å². The Kier molecular flexibility index (Phi) is 4.39. The van der Waals surface area contributed by atoms with Crippen LogP contribution < -0.4 is 4.90 Å². The summed E-state index contributed by atoms with van der Waals surface area (Å²) in [7, 11) is 1.90. The fraction of sp³-hybridized carbons (Fsp3) is 0.333. The molecule has 2 aromatic heterocycles. The summed E-state index contributed by atoms with van der Waals surface area (Å²) < 4.78 is 0. The van der Waals surface area contributed by atoms with Gasteiger partial charge in [0.15, 0.2) is 0 Å². The van der Waals surface area contributed by atoms with Crippen LogP contribution in [0.5, 0.6) is 0 Å². The van der Waals surface area contributed by atoms with Crippen molar-refractivity contribution in [2.45, 2.75) is 26.3 Å². The molecule has 0 aliphatic carbocycles. The molecule has 0 radical (unpaired) electrons. The number of aryl methyl sites for hydroxylation is 1. The number of carboxylic acid groups (broad SMARTS) is 1. The maximum atomic E-state index is 11.4. The Labute approximate surface area is 122 Å². The first-order valence-corrected chi connectivity index (χ1v) is 7.32. The van der Waals surface area contributed by atoms with Crippen LogP contribution in [0.3, 0.4) is 0 Å². The first-order chi connectivity index (χ1) is 9.50. The van der Waals surface area contributed by atoms with E-state index in [1.165, 1.54) is 4.88 Å². The van der Waals surface area contributed by atoms with Gasteiger partial charge in [-0.3, -0.25) is 0 Å². The Morgan fingerprint density at radius 3 is 2.85 bits per heavy atom. The average Bonchev–Trinajstić information content (AvgIpc) is 2.89. The van der Waals surface area contributed by atoms with Crippen LogP contribution in [0.1, 0.15) is 27.7 Å². The lowest BCUT2D eigenvalue weighted by molar-refractivity contribution is 0.0696. The van der Waals surface area contributed by atoms with Crippen LogP contribution >= 0.6 is 11.3 Å². The Bertz CT molecular complexity index is 596. The molecule has 0 aliphatic heterocycles. The van der Waals surface area contributed by atoms with Crippen LogP contribution in [0.15, 0.2) is 29.8 Å². The fourth-order valence-electron chi connectivity index (χ4n) is 2.14. The van der Waals surface area contributed by atoms with E-state index in [0.717, 1.165) is 12.0 Å². The van der Waals surface area contributed by atoms with Gasteiger partial charge in [-0.1, -0.05) is 6.07 Å². The SMILES string of the molecule is Cc1ccnc(N(C)C(C)Cc2cccs2)c1C(=O)O. The van der Waals surface area contributed by atoms with Crippen molar-refractivity contribution in [1.29, 1.82) is 0 Å². The second kappa shape index (κ2) is 6.05. The molecular weight excluding hydrogens is 272 g/mol. The predicted octanol–water partition coefficient (Wildman–Crippen LogP) is 3.22. The minimum Gasteiger partial charge on any atom is -0.478 e. The molecule has 1 N–H and O–H groups in total. The van der Waals surface area contributed by atoms with E-state index in [0.29, 0.717) is 5.82 Å². The highest BCUT2D eigenvalue weighted by molar-refractivity contribution is 7.09. The Balaban J connectivity index is 2.26. The topological polar surface area (TPSA) is 53.4 Å². The molecule has 1 atom stereocenters. The van der Waals surface area contributed by atoms with Gasteiger partial charge < -0.3 is 10.0 Å². The second-order valence-electron chi connectivity index (χ2n) is 4.88. The molecule has 5 heteroatoms. The highest BCUT2D eigenvalue weighted by Gasteiger charge is 2.21. The van der Waals surface area contributed by atoms with E-state index < -0.39 is 5.97 Å². The van der Waals surface area contributed by atoms with Gasteiger partial charge in [0, 0.05) is 30.6 Å². The van der Waals surface area contributed by atoms with Crippen LogP contribution in [0.4, 0.5) is 5.82 Å². The van der Waals surface area contributed by atoms with E-state index >= 15 is 0 Å². The van der Waals surface area contributed by atoms with E-state index in [4.69, 9.17) is 0 Å². The third kappa shape index (κ3) is 2.99. The first-order valence-electron chi connectivity index (χ1n) is 6.44. The van der Waals surface area contributed by atoms with Gasteiger partial charge in [0.1, 0.15) is 11.4 Å². The van der Waals surface area contributed by atoms with Gasteiger partial charge in [-0.05, 0) is 36.9 Å². The summed E-state index contributed by atoms with van der Waals surface area (Å²) in [6, 6.07) is 6.03. The number of thiophene rings is 1. The molecule has 0 saturated heterocycles. The van der Waals surface area contributed by atoms with Gasteiger partial charge in [-0.2, -0.15) is 0 Å². The number of rotatable bonds is 5. The van der Waals surface area contributed by atoms with Gasteiger partial charge in [0.25, 0.3) is 0 Å². The van der Waals surface area contributed by atoms with Crippen molar-refractivity contribution in [3.8, 4) is 0 Å². The van der Waals surface area contributed by atoms with E-state index in [2.05, 4.69) is 23.4 Å². The normalized spacial score (nSPS) is 12.2. The molecule has 2 rings (SSSR count). The van der Waals surface area contributed by atoms with Gasteiger partial charge >= 0.3 is 5.97 Å². The van der Waals surface area contributed by atoms with E-state index in [1.54, 1.807) is 30.5 Å². The lowest BCUT2D eigenvalue weighted by atomic mass is 10.1. The molecule has 0 bridgehead atoms. The zero-order valence-electron chi connectivity index (χ0n) is 11.8.